The number of ketones is 1. The Hall–Kier alpha value is -1.45. The van der Waals surface area contributed by atoms with Gasteiger partial charge in [-0.15, -0.1) is 0 Å². The van der Waals surface area contributed by atoms with Crippen LogP contribution in [0.15, 0.2) is 42.5 Å². The van der Waals surface area contributed by atoms with Crippen LogP contribution in [0.4, 0.5) is 4.39 Å². The molecule has 0 fully saturated rings. The maximum Gasteiger partial charge on any atom is 0.184 e. The molecule has 1 unspecified atom stereocenters. The third kappa shape index (κ3) is 3.17. The Labute approximate surface area is 134 Å². The topological polar surface area (TPSA) is 40.9 Å². The van der Waals surface area contributed by atoms with Crippen LogP contribution in [0.5, 0.6) is 0 Å². The molecule has 2 aromatic rings. The third-order valence-electron chi connectivity index (χ3n) is 2.77. The number of carbonyl (C=O) groups is 1. The van der Waals surface area contributed by atoms with E-state index in [1.54, 1.807) is 18.2 Å². The summed E-state index contributed by atoms with van der Waals surface area (Å²) in [7, 11) is 0. The predicted molar refractivity (Wildman–Crippen MR) is 83.3 cm³/mol. The summed E-state index contributed by atoms with van der Waals surface area (Å²) in [4.78, 5) is 12.4. The summed E-state index contributed by atoms with van der Waals surface area (Å²) in [6, 6.07) is 12.5. The number of benzene rings is 2. The van der Waals surface area contributed by atoms with Crippen molar-refractivity contribution in [3.8, 4) is 6.07 Å². The van der Waals surface area contributed by atoms with E-state index in [0.29, 0.717) is 11.1 Å². The van der Waals surface area contributed by atoms with Gasteiger partial charge in [-0.05, 0) is 52.4 Å². The minimum absolute atomic E-state index is 0.0792. The fourth-order valence-electron chi connectivity index (χ4n) is 1.81. The summed E-state index contributed by atoms with van der Waals surface area (Å²) in [5.41, 5.74) is 0.753. The lowest BCUT2D eigenvalue weighted by Gasteiger charge is -2.11. The normalized spacial score (nSPS) is 11.7. The predicted octanol–water partition coefficient (Wildman–Crippen LogP) is 4.57. The fourth-order valence-corrected chi connectivity index (χ4v) is 2.63. The van der Waals surface area contributed by atoms with Gasteiger partial charge in [0, 0.05) is 14.2 Å². The summed E-state index contributed by atoms with van der Waals surface area (Å²) in [5, 5.41) is 9.33. The molecule has 0 spiro atoms. The molecule has 0 heterocycles. The summed E-state index contributed by atoms with van der Waals surface area (Å²) < 4.78 is 13.9. The van der Waals surface area contributed by atoms with E-state index >= 15 is 0 Å². The molecule has 2 aromatic carbocycles. The highest BCUT2D eigenvalue weighted by molar-refractivity contribution is 14.1. The Kier molecular flexibility index (Phi) is 4.73. The van der Waals surface area contributed by atoms with Gasteiger partial charge in [-0.25, -0.2) is 4.39 Å². The molecule has 5 heteroatoms. The lowest BCUT2D eigenvalue weighted by Crippen LogP contribution is -2.12. The highest BCUT2D eigenvalue weighted by Gasteiger charge is 2.24. The minimum atomic E-state index is -1.04. The molecular weight excluding hydrogens is 392 g/mol. The standard InChI is InChI=1S/C15H8ClFINO/c16-14-7-10(17)4-5-12(14)13(8-19)15(20)9-2-1-3-11(18)6-9/h1-7,13H. The molecule has 0 aliphatic carbocycles. The molecule has 0 saturated carbocycles. The van der Waals surface area contributed by atoms with Gasteiger partial charge in [0.15, 0.2) is 5.78 Å². The monoisotopic (exact) mass is 399 g/mol. The molecule has 0 aliphatic heterocycles. The van der Waals surface area contributed by atoms with Crippen molar-refractivity contribution in [3.63, 3.8) is 0 Å². The third-order valence-corrected chi connectivity index (χ3v) is 3.77. The first kappa shape index (κ1) is 14.9. The second-order valence-electron chi connectivity index (χ2n) is 4.10. The van der Waals surface area contributed by atoms with E-state index in [1.165, 1.54) is 12.1 Å². The van der Waals surface area contributed by atoms with Gasteiger partial charge in [0.2, 0.25) is 0 Å². The summed E-state index contributed by atoms with van der Waals surface area (Å²) in [6.45, 7) is 0. The van der Waals surface area contributed by atoms with Crippen molar-refractivity contribution in [2.45, 2.75) is 5.92 Å². The quantitative estimate of drug-likeness (QED) is 0.560. The van der Waals surface area contributed by atoms with E-state index < -0.39 is 11.7 Å². The smallest absolute Gasteiger partial charge is 0.184 e. The van der Waals surface area contributed by atoms with Gasteiger partial charge in [0.25, 0.3) is 0 Å². The number of nitrogens with zero attached hydrogens (tertiary/aromatic N) is 1. The number of Topliss-reactive ketones (excluding diaryl/α,β-unsaturated/α-hetero) is 1. The fraction of sp³-hybridized carbons (Fsp3) is 0.0667. The zero-order valence-electron chi connectivity index (χ0n) is 10.1. The van der Waals surface area contributed by atoms with Crippen molar-refractivity contribution in [3.05, 3.63) is 68.0 Å². The van der Waals surface area contributed by atoms with Crippen LogP contribution in [0.3, 0.4) is 0 Å². The highest BCUT2D eigenvalue weighted by atomic mass is 127. The first-order valence-electron chi connectivity index (χ1n) is 5.67. The SMILES string of the molecule is N#CC(C(=O)c1cccc(I)c1)c1ccc(F)cc1Cl. The van der Waals surface area contributed by atoms with Gasteiger partial charge >= 0.3 is 0 Å². The lowest BCUT2D eigenvalue weighted by molar-refractivity contribution is 0.0979. The molecule has 0 radical (unpaired) electrons. The molecule has 0 bridgehead atoms. The number of hydrogen-bond donors (Lipinski definition) is 0. The molecule has 0 amide bonds. The van der Waals surface area contributed by atoms with Gasteiger partial charge in [0.1, 0.15) is 11.7 Å². The zero-order valence-corrected chi connectivity index (χ0v) is 13.0. The number of hydrogen-bond acceptors (Lipinski definition) is 2. The molecule has 0 saturated heterocycles. The van der Waals surface area contributed by atoms with Gasteiger partial charge < -0.3 is 0 Å². The molecule has 1 atom stereocenters. The summed E-state index contributed by atoms with van der Waals surface area (Å²) in [5.74, 6) is -1.89. The highest BCUT2D eigenvalue weighted by Crippen LogP contribution is 2.28. The molecule has 0 aromatic heterocycles. The Morgan fingerprint density at radius 2 is 2.05 bits per heavy atom. The first-order chi connectivity index (χ1) is 9.52. The molecule has 2 nitrogen and oxygen atoms in total. The van der Waals surface area contributed by atoms with Crippen molar-refractivity contribution in [2.75, 3.05) is 0 Å². The van der Waals surface area contributed by atoms with Gasteiger partial charge in [-0.1, -0.05) is 29.8 Å². The van der Waals surface area contributed by atoms with Crippen LogP contribution in [-0.4, -0.2) is 5.78 Å². The Morgan fingerprint density at radius 1 is 1.30 bits per heavy atom. The average molecular weight is 400 g/mol. The van der Waals surface area contributed by atoms with E-state index in [2.05, 4.69) is 22.6 Å². The average Bonchev–Trinajstić information content (AvgIpc) is 2.41. The molecule has 0 N–H and O–H groups in total. The van der Waals surface area contributed by atoms with E-state index in [4.69, 9.17) is 11.6 Å². The van der Waals surface area contributed by atoms with E-state index in [1.807, 2.05) is 12.1 Å². The Bertz CT molecular complexity index is 711. The van der Waals surface area contributed by atoms with Crippen LogP contribution in [0.25, 0.3) is 0 Å². The summed E-state index contributed by atoms with van der Waals surface area (Å²) >= 11 is 8.01. The van der Waals surface area contributed by atoms with Gasteiger partial charge in [-0.3, -0.25) is 4.79 Å². The Morgan fingerprint density at radius 3 is 2.65 bits per heavy atom. The maximum absolute atomic E-state index is 13.0. The maximum atomic E-state index is 13.0. The van der Waals surface area contributed by atoms with Gasteiger partial charge in [-0.2, -0.15) is 5.26 Å². The number of rotatable bonds is 3. The van der Waals surface area contributed by atoms with Crippen molar-refractivity contribution in [1.29, 1.82) is 5.26 Å². The minimum Gasteiger partial charge on any atom is -0.292 e. The molecule has 20 heavy (non-hydrogen) atoms. The van der Waals surface area contributed by atoms with Crippen molar-refractivity contribution < 1.29 is 9.18 Å². The summed E-state index contributed by atoms with van der Waals surface area (Å²) in [6.07, 6.45) is 0. The molecule has 0 aliphatic rings. The van der Waals surface area contributed by atoms with Crippen LogP contribution < -0.4 is 0 Å². The largest absolute Gasteiger partial charge is 0.292 e. The van der Waals surface area contributed by atoms with Gasteiger partial charge in [0.05, 0.1) is 6.07 Å². The molecule has 2 rings (SSSR count). The molecule has 100 valence electrons. The van der Waals surface area contributed by atoms with Crippen LogP contribution in [-0.2, 0) is 0 Å². The van der Waals surface area contributed by atoms with Crippen LogP contribution in [0.2, 0.25) is 5.02 Å². The van der Waals surface area contributed by atoms with E-state index in [9.17, 15) is 14.4 Å². The number of carbonyl (C=O) groups excluding carboxylic acids is 1. The molecular formula is C15H8ClFINO. The van der Waals surface area contributed by atoms with Crippen LogP contribution >= 0.6 is 34.2 Å². The lowest BCUT2D eigenvalue weighted by atomic mass is 9.92. The van der Waals surface area contributed by atoms with E-state index in [-0.39, 0.29) is 10.8 Å². The number of halogens is 3. The van der Waals surface area contributed by atoms with Crippen molar-refractivity contribution >= 4 is 40.0 Å². The first-order valence-corrected chi connectivity index (χ1v) is 7.13. The van der Waals surface area contributed by atoms with Crippen LogP contribution in [0.1, 0.15) is 21.8 Å². The zero-order chi connectivity index (χ0) is 14.7. The Balaban J connectivity index is 2.43. The van der Waals surface area contributed by atoms with Crippen LogP contribution in [0, 0.1) is 20.7 Å². The second kappa shape index (κ2) is 6.33. The van der Waals surface area contributed by atoms with E-state index in [0.717, 1.165) is 9.64 Å². The number of nitriles is 1. The van der Waals surface area contributed by atoms with Crippen molar-refractivity contribution in [2.24, 2.45) is 0 Å². The second-order valence-corrected chi connectivity index (χ2v) is 5.76. The van der Waals surface area contributed by atoms with Crippen molar-refractivity contribution in [1.82, 2.24) is 0 Å².